The topological polar surface area (TPSA) is 73.2 Å². The van der Waals surface area contributed by atoms with E-state index in [1.54, 1.807) is 4.57 Å². The van der Waals surface area contributed by atoms with Crippen molar-refractivity contribution >= 4 is 28.6 Å². The van der Waals surface area contributed by atoms with Gasteiger partial charge in [-0.25, -0.2) is 4.98 Å². The molecule has 24 heavy (non-hydrogen) atoms. The lowest BCUT2D eigenvalue weighted by atomic mass is 10.2. The molecular formula is C17H21N3O3S. The highest BCUT2D eigenvalue weighted by atomic mass is 32.2. The number of rotatable bonds is 6. The van der Waals surface area contributed by atoms with Gasteiger partial charge in [0, 0.05) is 25.8 Å². The molecule has 1 saturated heterocycles. The van der Waals surface area contributed by atoms with Gasteiger partial charge in [0.25, 0.3) is 5.56 Å². The van der Waals surface area contributed by atoms with Crippen molar-refractivity contribution in [3.8, 4) is 0 Å². The molecule has 0 saturated carbocycles. The molecule has 1 amide bonds. The fraction of sp³-hybridized carbons (Fsp3) is 0.471. The van der Waals surface area contributed by atoms with Gasteiger partial charge in [-0.2, -0.15) is 0 Å². The van der Waals surface area contributed by atoms with E-state index >= 15 is 0 Å². The van der Waals surface area contributed by atoms with Crippen LogP contribution in [0.2, 0.25) is 0 Å². The zero-order chi connectivity index (χ0) is 16.9. The van der Waals surface area contributed by atoms with Crippen LogP contribution in [0.25, 0.3) is 10.9 Å². The fourth-order valence-electron chi connectivity index (χ4n) is 2.78. The van der Waals surface area contributed by atoms with E-state index in [-0.39, 0.29) is 17.6 Å². The normalized spacial score (nSPS) is 17.3. The number of benzene rings is 1. The molecule has 1 aliphatic heterocycles. The second-order valence-electron chi connectivity index (χ2n) is 5.79. The highest BCUT2D eigenvalue weighted by Crippen LogP contribution is 2.20. The number of fused-ring (bicyclic) bond motifs is 1. The highest BCUT2D eigenvalue weighted by molar-refractivity contribution is 7.99. The number of ether oxygens (including phenoxy) is 1. The molecule has 1 aromatic heterocycles. The van der Waals surface area contributed by atoms with Crippen LogP contribution >= 0.6 is 11.8 Å². The third-order valence-electron chi connectivity index (χ3n) is 3.94. The van der Waals surface area contributed by atoms with Crippen LogP contribution in [-0.4, -0.2) is 40.5 Å². The first-order valence-corrected chi connectivity index (χ1v) is 9.12. The molecule has 0 unspecified atom stereocenters. The third kappa shape index (κ3) is 3.96. The van der Waals surface area contributed by atoms with E-state index in [1.165, 1.54) is 18.7 Å². The van der Waals surface area contributed by atoms with E-state index in [1.807, 2.05) is 24.3 Å². The zero-order valence-corrected chi connectivity index (χ0v) is 14.5. The van der Waals surface area contributed by atoms with E-state index in [2.05, 4.69) is 10.3 Å². The summed E-state index contributed by atoms with van der Waals surface area (Å²) >= 11 is 1.48. The predicted molar refractivity (Wildman–Crippen MR) is 94.4 cm³/mol. The molecule has 3 rings (SSSR count). The van der Waals surface area contributed by atoms with Gasteiger partial charge in [0.1, 0.15) is 0 Å². The number of aromatic nitrogens is 2. The number of para-hydroxylation sites is 1. The van der Waals surface area contributed by atoms with Crippen LogP contribution in [0.15, 0.2) is 34.2 Å². The average Bonchev–Trinajstić information content (AvgIpc) is 3.08. The molecule has 0 aliphatic carbocycles. The number of hydrogen-bond donors (Lipinski definition) is 1. The second kappa shape index (κ2) is 7.81. The van der Waals surface area contributed by atoms with Crippen LogP contribution in [0.5, 0.6) is 0 Å². The number of nitrogens with zero attached hydrogens (tertiary/aromatic N) is 2. The van der Waals surface area contributed by atoms with Gasteiger partial charge in [0.15, 0.2) is 5.16 Å². The summed E-state index contributed by atoms with van der Waals surface area (Å²) in [5, 5.41) is 4.07. The highest BCUT2D eigenvalue weighted by Gasteiger charge is 2.20. The Morgan fingerprint density at radius 1 is 1.46 bits per heavy atom. The van der Waals surface area contributed by atoms with Crippen LogP contribution in [-0.2, 0) is 16.1 Å². The predicted octanol–water partition coefficient (Wildman–Crippen LogP) is 1.80. The Morgan fingerprint density at radius 3 is 3.04 bits per heavy atom. The molecule has 1 aromatic carbocycles. The van der Waals surface area contributed by atoms with Crippen molar-refractivity contribution in [1.82, 2.24) is 14.9 Å². The number of amides is 1. The SMILES string of the molecule is CC(=O)NCCSc1nc2ccccc2c(=O)n1C[C@@H]1CCCO1. The maximum Gasteiger partial charge on any atom is 0.262 e. The summed E-state index contributed by atoms with van der Waals surface area (Å²) in [5.74, 6) is 0.606. The smallest absolute Gasteiger partial charge is 0.262 e. The lowest BCUT2D eigenvalue weighted by molar-refractivity contribution is -0.118. The van der Waals surface area contributed by atoms with Crippen molar-refractivity contribution in [2.45, 2.75) is 37.6 Å². The fourth-order valence-corrected chi connectivity index (χ4v) is 3.64. The Labute approximate surface area is 144 Å². The minimum absolute atomic E-state index is 0.0295. The molecule has 6 nitrogen and oxygen atoms in total. The average molecular weight is 347 g/mol. The van der Waals surface area contributed by atoms with Gasteiger partial charge in [-0.3, -0.25) is 14.2 Å². The summed E-state index contributed by atoms with van der Waals surface area (Å²) in [7, 11) is 0. The van der Waals surface area contributed by atoms with Crippen LogP contribution < -0.4 is 10.9 Å². The number of thioether (sulfide) groups is 1. The molecule has 0 bridgehead atoms. The second-order valence-corrected chi connectivity index (χ2v) is 6.86. The van der Waals surface area contributed by atoms with E-state index in [0.717, 1.165) is 19.4 Å². The van der Waals surface area contributed by atoms with Gasteiger partial charge in [-0.15, -0.1) is 0 Å². The third-order valence-corrected chi connectivity index (χ3v) is 4.92. The van der Waals surface area contributed by atoms with E-state index in [4.69, 9.17) is 4.74 Å². The minimum Gasteiger partial charge on any atom is -0.376 e. The Bertz CT molecular complexity index is 784. The Hall–Kier alpha value is -1.86. The van der Waals surface area contributed by atoms with E-state index in [0.29, 0.717) is 34.9 Å². The number of carbonyl (C=O) groups is 1. The molecule has 2 aromatic rings. The van der Waals surface area contributed by atoms with Crippen molar-refractivity contribution in [2.24, 2.45) is 0 Å². The molecule has 0 radical (unpaired) electrons. The quantitative estimate of drug-likeness (QED) is 0.490. The van der Waals surface area contributed by atoms with Gasteiger partial charge in [-0.05, 0) is 25.0 Å². The molecule has 2 heterocycles. The molecular weight excluding hydrogens is 326 g/mol. The minimum atomic E-state index is -0.0567. The molecule has 0 spiro atoms. The zero-order valence-electron chi connectivity index (χ0n) is 13.7. The van der Waals surface area contributed by atoms with Gasteiger partial charge >= 0.3 is 0 Å². The first kappa shape index (κ1) is 17.0. The van der Waals surface area contributed by atoms with Crippen molar-refractivity contribution in [3.05, 3.63) is 34.6 Å². The molecule has 1 N–H and O–H groups in total. The van der Waals surface area contributed by atoms with Crippen molar-refractivity contribution in [2.75, 3.05) is 18.9 Å². The van der Waals surface area contributed by atoms with Gasteiger partial charge in [0.05, 0.1) is 23.6 Å². The van der Waals surface area contributed by atoms with Crippen LogP contribution in [0.4, 0.5) is 0 Å². The van der Waals surface area contributed by atoms with Gasteiger partial charge in [0.2, 0.25) is 5.91 Å². The maximum atomic E-state index is 12.9. The van der Waals surface area contributed by atoms with E-state index in [9.17, 15) is 9.59 Å². The first-order chi connectivity index (χ1) is 11.6. The van der Waals surface area contributed by atoms with E-state index < -0.39 is 0 Å². The van der Waals surface area contributed by atoms with Crippen LogP contribution in [0, 0.1) is 0 Å². The lowest BCUT2D eigenvalue weighted by Crippen LogP contribution is -2.29. The van der Waals surface area contributed by atoms with Crippen molar-refractivity contribution in [1.29, 1.82) is 0 Å². The summed E-state index contributed by atoms with van der Waals surface area (Å²) in [6.45, 7) is 3.32. The molecule has 128 valence electrons. The molecule has 1 fully saturated rings. The monoisotopic (exact) mass is 347 g/mol. The molecule has 1 atom stereocenters. The summed E-state index contributed by atoms with van der Waals surface area (Å²) in [6, 6.07) is 7.39. The summed E-state index contributed by atoms with van der Waals surface area (Å²) in [4.78, 5) is 28.5. The van der Waals surface area contributed by atoms with Crippen molar-refractivity contribution in [3.63, 3.8) is 0 Å². The summed E-state index contributed by atoms with van der Waals surface area (Å²) in [5.41, 5.74) is 0.672. The van der Waals surface area contributed by atoms with Crippen LogP contribution in [0.1, 0.15) is 19.8 Å². The van der Waals surface area contributed by atoms with Crippen molar-refractivity contribution < 1.29 is 9.53 Å². The van der Waals surface area contributed by atoms with Crippen LogP contribution in [0.3, 0.4) is 0 Å². The van der Waals surface area contributed by atoms with Gasteiger partial charge < -0.3 is 10.1 Å². The lowest BCUT2D eigenvalue weighted by Gasteiger charge is -2.16. The number of hydrogen-bond acceptors (Lipinski definition) is 5. The Morgan fingerprint density at radius 2 is 2.29 bits per heavy atom. The molecule has 7 heteroatoms. The number of nitrogens with one attached hydrogen (secondary N) is 1. The largest absolute Gasteiger partial charge is 0.376 e. The van der Waals surface area contributed by atoms with Gasteiger partial charge in [-0.1, -0.05) is 23.9 Å². The molecule has 1 aliphatic rings. The first-order valence-electron chi connectivity index (χ1n) is 8.13. The maximum absolute atomic E-state index is 12.9. The summed E-state index contributed by atoms with van der Waals surface area (Å²) in [6.07, 6.45) is 2.07. The standard InChI is InChI=1S/C17H21N3O3S/c1-12(21)18-8-10-24-17-19-15-7-3-2-6-14(15)16(22)20(17)11-13-5-4-9-23-13/h2-3,6-7,13H,4-5,8-11H2,1H3,(H,18,21)/t13-/m0/s1. The Kier molecular flexibility index (Phi) is 5.52. The Balaban J connectivity index is 1.88. The summed E-state index contributed by atoms with van der Waals surface area (Å²) < 4.78 is 7.40. The number of carbonyl (C=O) groups excluding carboxylic acids is 1.